The number of amides is 1. The van der Waals surface area contributed by atoms with Gasteiger partial charge in [0, 0.05) is 13.1 Å². The van der Waals surface area contributed by atoms with E-state index in [0.717, 1.165) is 19.5 Å². The Labute approximate surface area is 49.6 Å². The monoisotopic (exact) mass is 116 g/mol. The molecule has 0 bridgehead atoms. The number of hydrogen-bond donors (Lipinski definition) is 1. The van der Waals surface area contributed by atoms with Crippen LogP contribution in [0.5, 0.6) is 0 Å². The summed E-state index contributed by atoms with van der Waals surface area (Å²) < 4.78 is 0. The molecule has 0 atom stereocenters. The van der Waals surface area contributed by atoms with Gasteiger partial charge in [0.1, 0.15) is 0 Å². The molecule has 0 saturated carbocycles. The first-order valence-electron chi connectivity index (χ1n) is 2.80. The summed E-state index contributed by atoms with van der Waals surface area (Å²) in [5.41, 5.74) is 2.85. The van der Waals surface area contributed by atoms with Crippen molar-refractivity contribution in [1.29, 1.82) is 0 Å². The van der Waals surface area contributed by atoms with E-state index in [9.17, 15) is 4.79 Å². The van der Waals surface area contributed by atoms with Crippen molar-refractivity contribution in [2.24, 2.45) is 0 Å². The number of hydrogen-bond acceptors (Lipinski definition) is 2. The molecule has 48 valence electrons. The number of hydrazine groups is 1. The summed E-state index contributed by atoms with van der Waals surface area (Å²) in [6, 6.07) is 0. The molecule has 3 nitrogen and oxygen atoms in total. The van der Waals surface area contributed by atoms with Crippen LogP contribution in [-0.2, 0) is 4.79 Å². The minimum atomic E-state index is 0.720. The van der Waals surface area contributed by atoms with Crippen LogP contribution < -0.4 is 5.43 Å². The molecule has 0 aliphatic heterocycles. The smallest absolute Gasteiger partial charge is 0.223 e. The molecular formula is C5H12N2O. The maximum atomic E-state index is 9.99. The molecular weight excluding hydrogens is 104 g/mol. The van der Waals surface area contributed by atoms with Gasteiger partial charge in [-0.1, -0.05) is 6.92 Å². The zero-order valence-electron chi connectivity index (χ0n) is 5.35. The molecule has 0 aromatic carbocycles. The van der Waals surface area contributed by atoms with Crippen LogP contribution in [0.15, 0.2) is 0 Å². The summed E-state index contributed by atoms with van der Waals surface area (Å²) >= 11 is 0. The van der Waals surface area contributed by atoms with Crippen molar-refractivity contribution in [3.63, 3.8) is 0 Å². The number of carbonyl (C=O) groups excluding carboxylic acids is 1. The highest BCUT2D eigenvalue weighted by Crippen LogP contribution is 1.70. The molecule has 0 aliphatic carbocycles. The fourth-order valence-corrected chi connectivity index (χ4v) is 0.427. The zero-order chi connectivity index (χ0) is 6.41. The van der Waals surface area contributed by atoms with E-state index >= 15 is 0 Å². The Morgan fingerprint density at radius 3 is 2.38 bits per heavy atom. The second kappa shape index (κ2) is 4.59. The molecule has 0 fully saturated rings. The largest absolute Gasteiger partial charge is 0.281 e. The Bertz CT molecular complexity index is 65.4. The molecule has 0 spiro atoms. The number of carbonyl (C=O) groups is 1. The molecule has 0 unspecified atom stereocenters. The van der Waals surface area contributed by atoms with Gasteiger partial charge < -0.3 is 0 Å². The maximum absolute atomic E-state index is 9.99. The van der Waals surface area contributed by atoms with Gasteiger partial charge in [0.25, 0.3) is 0 Å². The van der Waals surface area contributed by atoms with Crippen LogP contribution in [0.4, 0.5) is 0 Å². The number of rotatable bonds is 4. The molecule has 0 aliphatic rings. The quantitative estimate of drug-likeness (QED) is 0.414. The Morgan fingerprint density at radius 1 is 1.62 bits per heavy atom. The summed E-state index contributed by atoms with van der Waals surface area (Å²) in [5, 5.41) is 1.50. The first-order chi connectivity index (χ1) is 3.85. The minimum Gasteiger partial charge on any atom is -0.281 e. The van der Waals surface area contributed by atoms with Crippen molar-refractivity contribution < 1.29 is 4.79 Å². The lowest BCUT2D eigenvalue weighted by molar-refractivity contribution is -0.120. The lowest BCUT2D eigenvalue weighted by Gasteiger charge is -2.13. The second-order valence-electron chi connectivity index (χ2n) is 1.40. The van der Waals surface area contributed by atoms with E-state index in [1.165, 1.54) is 5.01 Å². The summed E-state index contributed by atoms with van der Waals surface area (Å²) in [4.78, 5) is 9.99. The fraction of sp³-hybridized carbons (Fsp3) is 0.800. The molecule has 1 amide bonds. The zero-order valence-corrected chi connectivity index (χ0v) is 5.35. The maximum Gasteiger partial charge on any atom is 0.223 e. The van der Waals surface area contributed by atoms with Crippen molar-refractivity contribution in [1.82, 2.24) is 10.4 Å². The number of nitrogens with one attached hydrogen (secondary N) is 1. The number of nitrogens with zero attached hydrogens (tertiary/aromatic N) is 1. The SMILES string of the molecule is CCNN(C=O)CC. The third kappa shape index (κ3) is 2.58. The first kappa shape index (κ1) is 7.43. The van der Waals surface area contributed by atoms with E-state index in [-0.39, 0.29) is 0 Å². The Kier molecular flexibility index (Phi) is 4.26. The fourth-order valence-electron chi connectivity index (χ4n) is 0.427. The lowest BCUT2D eigenvalue weighted by atomic mass is 10.7. The molecule has 0 aromatic rings. The minimum absolute atomic E-state index is 0.720. The van der Waals surface area contributed by atoms with Crippen molar-refractivity contribution in [3.8, 4) is 0 Å². The van der Waals surface area contributed by atoms with Gasteiger partial charge in [-0.3, -0.25) is 9.80 Å². The predicted molar refractivity (Wildman–Crippen MR) is 32.1 cm³/mol. The van der Waals surface area contributed by atoms with Crippen molar-refractivity contribution in [2.45, 2.75) is 13.8 Å². The van der Waals surface area contributed by atoms with Gasteiger partial charge in [-0.25, -0.2) is 5.43 Å². The van der Waals surface area contributed by atoms with Crippen LogP contribution in [-0.4, -0.2) is 24.5 Å². The average molecular weight is 116 g/mol. The van der Waals surface area contributed by atoms with Crippen LogP contribution in [0.25, 0.3) is 0 Å². The molecule has 3 heteroatoms. The van der Waals surface area contributed by atoms with Crippen LogP contribution in [0.2, 0.25) is 0 Å². The van der Waals surface area contributed by atoms with Crippen molar-refractivity contribution in [2.75, 3.05) is 13.1 Å². The molecule has 8 heavy (non-hydrogen) atoms. The molecule has 0 rings (SSSR count). The predicted octanol–water partition coefficient (Wildman–Crippen LogP) is -0.0108. The molecule has 0 heterocycles. The van der Waals surface area contributed by atoms with Gasteiger partial charge in [-0.15, -0.1) is 0 Å². The van der Waals surface area contributed by atoms with Gasteiger partial charge in [0.2, 0.25) is 6.41 Å². The molecule has 0 radical (unpaired) electrons. The van der Waals surface area contributed by atoms with E-state index in [1.54, 1.807) is 0 Å². The normalized spacial score (nSPS) is 8.75. The first-order valence-corrected chi connectivity index (χ1v) is 2.80. The third-order valence-electron chi connectivity index (χ3n) is 0.829. The van der Waals surface area contributed by atoms with Gasteiger partial charge in [-0.2, -0.15) is 0 Å². The van der Waals surface area contributed by atoms with E-state index in [2.05, 4.69) is 5.43 Å². The summed E-state index contributed by atoms with van der Waals surface area (Å²) in [7, 11) is 0. The second-order valence-corrected chi connectivity index (χ2v) is 1.40. The molecule has 0 aromatic heterocycles. The van der Waals surface area contributed by atoms with Gasteiger partial charge >= 0.3 is 0 Å². The average Bonchev–Trinajstić information content (AvgIpc) is 1.83. The van der Waals surface area contributed by atoms with Gasteiger partial charge in [0.15, 0.2) is 0 Å². The molecule has 0 saturated heterocycles. The lowest BCUT2D eigenvalue weighted by Crippen LogP contribution is -2.36. The van der Waals surface area contributed by atoms with E-state index in [4.69, 9.17) is 0 Å². The van der Waals surface area contributed by atoms with E-state index < -0.39 is 0 Å². The summed E-state index contributed by atoms with van der Waals surface area (Å²) in [5.74, 6) is 0. The van der Waals surface area contributed by atoms with Crippen molar-refractivity contribution in [3.05, 3.63) is 0 Å². The standard InChI is InChI=1S/C5H12N2O/c1-3-6-7(4-2)5-8/h5-6H,3-4H2,1-2H3. The third-order valence-corrected chi connectivity index (χ3v) is 0.829. The highest BCUT2D eigenvalue weighted by Gasteiger charge is 1.89. The van der Waals surface area contributed by atoms with Gasteiger partial charge in [0.05, 0.1) is 0 Å². The van der Waals surface area contributed by atoms with Crippen LogP contribution >= 0.6 is 0 Å². The Balaban J connectivity index is 3.21. The Hall–Kier alpha value is -0.570. The topological polar surface area (TPSA) is 32.3 Å². The summed E-state index contributed by atoms with van der Waals surface area (Å²) in [6.45, 7) is 5.38. The van der Waals surface area contributed by atoms with Crippen molar-refractivity contribution >= 4 is 6.41 Å². The van der Waals surface area contributed by atoms with Crippen LogP contribution in [0.1, 0.15) is 13.8 Å². The van der Waals surface area contributed by atoms with E-state index in [0.29, 0.717) is 0 Å². The Morgan fingerprint density at radius 2 is 2.25 bits per heavy atom. The van der Waals surface area contributed by atoms with Crippen LogP contribution in [0, 0.1) is 0 Å². The highest BCUT2D eigenvalue weighted by atomic mass is 16.1. The molecule has 1 N–H and O–H groups in total. The van der Waals surface area contributed by atoms with Crippen LogP contribution in [0.3, 0.4) is 0 Å². The summed E-state index contributed by atoms with van der Waals surface area (Å²) in [6.07, 6.45) is 0.781. The van der Waals surface area contributed by atoms with E-state index in [1.807, 2.05) is 13.8 Å². The van der Waals surface area contributed by atoms with Gasteiger partial charge in [-0.05, 0) is 6.92 Å². The highest BCUT2D eigenvalue weighted by molar-refractivity contribution is 5.45.